The Morgan fingerprint density at radius 3 is 2.64 bits per heavy atom. The number of hydrogen-bond acceptors (Lipinski definition) is 5. The standard InChI is InChI=1S/C30H34FN3O4S/c1-19(2)34-11-9-25-26(21-8-10-32-24(15-21)17-33-39(37)30(3,4)5)12-20(13-27(25)34)18-38-28-7-6-23(31)14-22(28)16-29(35)36/h6-15,19,33H,16-18H2,1-5H3,(H,35,36)/t39-/m0/s1. The smallest absolute Gasteiger partial charge is 0.307 e. The van der Waals surface area contributed by atoms with Gasteiger partial charge < -0.3 is 19.0 Å². The molecule has 2 aromatic carbocycles. The van der Waals surface area contributed by atoms with Crippen LogP contribution in [-0.2, 0) is 35.7 Å². The van der Waals surface area contributed by atoms with Crippen molar-refractivity contribution in [3.8, 4) is 16.9 Å². The first kappa shape index (κ1) is 28.6. The van der Waals surface area contributed by atoms with E-state index in [1.807, 2.05) is 39.0 Å². The van der Waals surface area contributed by atoms with E-state index in [2.05, 4.69) is 46.5 Å². The zero-order chi connectivity index (χ0) is 28.3. The van der Waals surface area contributed by atoms with E-state index in [1.54, 1.807) is 6.20 Å². The second-order valence-corrected chi connectivity index (χ2v) is 12.8. The molecule has 7 nitrogen and oxygen atoms in total. The third-order valence-corrected chi connectivity index (χ3v) is 7.80. The molecule has 0 saturated carbocycles. The quantitative estimate of drug-likeness (QED) is 0.228. The second kappa shape index (κ2) is 11.8. The molecular weight excluding hydrogens is 517 g/mol. The first-order valence-corrected chi connectivity index (χ1v) is 13.9. The largest absolute Gasteiger partial charge is 0.598 e. The van der Waals surface area contributed by atoms with Gasteiger partial charge in [0.2, 0.25) is 0 Å². The van der Waals surface area contributed by atoms with Crippen molar-refractivity contribution in [2.75, 3.05) is 0 Å². The summed E-state index contributed by atoms with van der Waals surface area (Å²) in [5, 5.41) is 10.3. The molecule has 2 heterocycles. The fourth-order valence-electron chi connectivity index (χ4n) is 4.34. The molecule has 4 aromatic rings. The summed E-state index contributed by atoms with van der Waals surface area (Å²) in [6.07, 6.45) is 3.48. The molecule has 2 aromatic heterocycles. The molecule has 1 atom stereocenters. The average Bonchev–Trinajstić information content (AvgIpc) is 3.30. The number of ether oxygens (including phenoxy) is 1. The molecular formula is C30H34FN3O4S. The minimum Gasteiger partial charge on any atom is -0.598 e. The van der Waals surface area contributed by atoms with Crippen molar-refractivity contribution in [2.24, 2.45) is 0 Å². The number of hydrogen-bond donors (Lipinski definition) is 2. The van der Waals surface area contributed by atoms with Crippen molar-refractivity contribution in [3.63, 3.8) is 0 Å². The number of aromatic nitrogens is 2. The van der Waals surface area contributed by atoms with Gasteiger partial charge in [0.05, 0.1) is 18.7 Å². The zero-order valence-electron chi connectivity index (χ0n) is 22.8. The number of benzene rings is 2. The maximum absolute atomic E-state index is 13.8. The van der Waals surface area contributed by atoms with E-state index >= 15 is 0 Å². The van der Waals surface area contributed by atoms with Crippen molar-refractivity contribution < 1.29 is 23.6 Å². The highest BCUT2D eigenvalue weighted by atomic mass is 32.2. The van der Waals surface area contributed by atoms with Gasteiger partial charge in [0, 0.05) is 46.3 Å². The summed E-state index contributed by atoms with van der Waals surface area (Å²) in [5.74, 6) is -1.23. The van der Waals surface area contributed by atoms with Crippen LogP contribution in [0, 0.1) is 5.82 Å². The molecule has 0 unspecified atom stereocenters. The van der Waals surface area contributed by atoms with Crippen LogP contribution in [-0.4, -0.2) is 29.9 Å². The molecule has 0 aliphatic carbocycles. The second-order valence-electron chi connectivity index (χ2n) is 10.7. The first-order valence-electron chi connectivity index (χ1n) is 12.8. The number of halogens is 1. The summed E-state index contributed by atoms with van der Waals surface area (Å²) in [4.78, 5) is 15.7. The predicted molar refractivity (Wildman–Crippen MR) is 152 cm³/mol. The van der Waals surface area contributed by atoms with Crippen LogP contribution < -0.4 is 9.46 Å². The molecule has 0 amide bonds. The lowest BCUT2D eigenvalue weighted by Gasteiger charge is -2.23. The first-order chi connectivity index (χ1) is 18.4. The summed E-state index contributed by atoms with van der Waals surface area (Å²) in [6.45, 7) is 10.5. The van der Waals surface area contributed by atoms with Crippen molar-refractivity contribution in [2.45, 2.75) is 65.0 Å². The number of nitrogens with zero attached hydrogens (tertiary/aromatic N) is 2. The van der Waals surface area contributed by atoms with Gasteiger partial charge >= 0.3 is 5.97 Å². The average molecular weight is 552 g/mol. The number of fused-ring (bicyclic) bond motifs is 1. The summed E-state index contributed by atoms with van der Waals surface area (Å²) < 4.78 is 37.1. The predicted octanol–water partition coefficient (Wildman–Crippen LogP) is 6.18. The van der Waals surface area contributed by atoms with Gasteiger partial charge in [0.15, 0.2) is 0 Å². The van der Waals surface area contributed by atoms with Crippen LogP contribution in [0.25, 0.3) is 22.0 Å². The molecule has 2 N–H and O–H groups in total. The fourth-order valence-corrected chi connectivity index (χ4v) is 5.05. The number of aliphatic carboxylic acids is 1. The Morgan fingerprint density at radius 1 is 1.18 bits per heavy atom. The van der Waals surface area contributed by atoms with Crippen molar-refractivity contribution >= 4 is 28.2 Å². The molecule has 206 valence electrons. The van der Waals surface area contributed by atoms with Gasteiger partial charge in [-0.1, -0.05) is 0 Å². The molecule has 0 radical (unpaired) electrons. The molecule has 0 aliphatic rings. The minimum absolute atomic E-state index is 0.175. The Kier molecular flexibility index (Phi) is 8.64. The lowest BCUT2D eigenvalue weighted by Crippen LogP contribution is -2.39. The van der Waals surface area contributed by atoms with Gasteiger partial charge in [-0.3, -0.25) is 9.78 Å². The molecule has 0 bridgehead atoms. The molecule has 0 aliphatic heterocycles. The van der Waals surface area contributed by atoms with E-state index < -0.39 is 23.1 Å². The van der Waals surface area contributed by atoms with E-state index in [4.69, 9.17) is 4.74 Å². The lowest BCUT2D eigenvalue weighted by molar-refractivity contribution is -0.136. The SMILES string of the molecule is CC(C)n1ccc2c(-c3ccnc(CN[S@@+]([O-])C(C)(C)C)c3)cc(COc3ccc(F)cc3CC(=O)O)cc21. The van der Waals surface area contributed by atoms with Crippen LogP contribution in [0.4, 0.5) is 4.39 Å². The number of carboxylic acids is 1. The summed E-state index contributed by atoms with van der Waals surface area (Å²) in [7, 11) is 0. The molecule has 9 heteroatoms. The molecule has 39 heavy (non-hydrogen) atoms. The van der Waals surface area contributed by atoms with Gasteiger partial charge in [-0.2, -0.15) is 0 Å². The van der Waals surface area contributed by atoms with Crippen LogP contribution in [0.1, 0.15) is 57.5 Å². The Balaban J connectivity index is 1.69. The molecule has 0 fully saturated rings. The maximum atomic E-state index is 13.8. The van der Waals surface area contributed by atoms with Crippen LogP contribution in [0.3, 0.4) is 0 Å². The van der Waals surface area contributed by atoms with Crippen molar-refractivity contribution in [1.29, 1.82) is 0 Å². The minimum atomic E-state index is -1.22. The Labute approximate surface area is 231 Å². The monoisotopic (exact) mass is 551 g/mol. The summed E-state index contributed by atoms with van der Waals surface area (Å²) >= 11 is -1.22. The summed E-state index contributed by atoms with van der Waals surface area (Å²) in [5.41, 5.74) is 4.94. The highest BCUT2D eigenvalue weighted by Gasteiger charge is 2.26. The fraction of sp³-hybridized carbons (Fsp3) is 0.333. The van der Waals surface area contributed by atoms with Gasteiger partial charge in [-0.05, 0) is 99.8 Å². The van der Waals surface area contributed by atoms with Crippen LogP contribution in [0.2, 0.25) is 0 Å². The highest BCUT2D eigenvalue weighted by Crippen LogP contribution is 2.33. The Hall–Kier alpha value is -3.40. The highest BCUT2D eigenvalue weighted by molar-refractivity contribution is 7.90. The Bertz CT molecular complexity index is 1480. The van der Waals surface area contributed by atoms with Crippen molar-refractivity contribution in [1.82, 2.24) is 14.3 Å². The number of nitrogens with one attached hydrogen (secondary N) is 1. The van der Waals surface area contributed by atoms with E-state index in [0.717, 1.165) is 33.3 Å². The third-order valence-electron chi connectivity index (χ3n) is 6.28. The van der Waals surface area contributed by atoms with Gasteiger partial charge in [0.1, 0.15) is 22.9 Å². The number of rotatable bonds is 10. The van der Waals surface area contributed by atoms with E-state index in [-0.39, 0.29) is 29.4 Å². The topological polar surface area (TPSA) is 99.4 Å². The van der Waals surface area contributed by atoms with Gasteiger partial charge in [-0.25, -0.2) is 4.39 Å². The lowest BCUT2D eigenvalue weighted by atomic mass is 9.99. The molecule has 4 rings (SSSR count). The zero-order valence-corrected chi connectivity index (χ0v) is 23.6. The van der Waals surface area contributed by atoms with Gasteiger partial charge in [0.25, 0.3) is 0 Å². The van der Waals surface area contributed by atoms with Crippen LogP contribution in [0.15, 0.2) is 60.9 Å². The molecule has 0 saturated heterocycles. The maximum Gasteiger partial charge on any atom is 0.307 e. The number of carboxylic acid groups (broad SMARTS) is 1. The van der Waals surface area contributed by atoms with E-state index in [9.17, 15) is 18.8 Å². The normalized spacial score (nSPS) is 12.7. The summed E-state index contributed by atoms with van der Waals surface area (Å²) in [6, 6.07) is 14.3. The van der Waals surface area contributed by atoms with E-state index in [1.165, 1.54) is 18.2 Å². The Morgan fingerprint density at radius 2 is 1.95 bits per heavy atom. The third kappa shape index (κ3) is 6.98. The van der Waals surface area contributed by atoms with Crippen LogP contribution in [0.5, 0.6) is 5.75 Å². The van der Waals surface area contributed by atoms with Gasteiger partial charge in [-0.15, -0.1) is 4.72 Å². The number of pyridine rings is 1. The van der Waals surface area contributed by atoms with E-state index in [0.29, 0.717) is 12.3 Å². The molecule has 0 spiro atoms. The van der Waals surface area contributed by atoms with Crippen LogP contribution >= 0.6 is 0 Å². The number of carbonyl (C=O) groups is 1. The van der Waals surface area contributed by atoms with Crippen molar-refractivity contribution in [3.05, 3.63) is 83.6 Å².